The standard InChI is InChI=1S/C24H28FN3O2/c1-18-4-2-3-5-20(18)16-23(29)27-11-10-22-24(30)28(15-13-26(22)12-14-27)17-19-6-8-21(25)9-7-19/h2-9,22H,10-17H2,1H3/t22-/m0/s1. The van der Waals surface area contributed by atoms with Gasteiger partial charge in [0.1, 0.15) is 5.82 Å². The highest BCUT2D eigenvalue weighted by atomic mass is 19.1. The van der Waals surface area contributed by atoms with Crippen LogP contribution in [0.25, 0.3) is 0 Å². The number of benzene rings is 2. The van der Waals surface area contributed by atoms with Gasteiger partial charge in [-0.25, -0.2) is 4.39 Å². The summed E-state index contributed by atoms with van der Waals surface area (Å²) < 4.78 is 13.2. The van der Waals surface area contributed by atoms with Gasteiger partial charge in [-0.1, -0.05) is 36.4 Å². The predicted octanol–water partition coefficient (Wildman–Crippen LogP) is 2.62. The van der Waals surface area contributed by atoms with E-state index in [0.29, 0.717) is 39.0 Å². The summed E-state index contributed by atoms with van der Waals surface area (Å²) in [6.45, 7) is 5.97. The Kier molecular flexibility index (Phi) is 6.13. The van der Waals surface area contributed by atoms with E-state index in [9.17, 15) is 14.0 Å². The lowest BCUT2D eigenvalue weighted by Crippen LogP contribution is -2.56. The summed E-state index contributed by atoms with van der Waals surface area (Å²) in [5, 5.41) is 0. The number of fused-ring (bicyclic) bond motifs is 1. The third-order valence-corrected chi connectivity index (χ3v) is 6.27. The van der Waals surface area contributed by atoms with Crippen LogP contribution in [0.15, 0.2) is 48.5 Å². The van der Waals surface area contributed by atoms with Crippen LogP contribution < -0.4 is 0 Å². The number of nitrogens with zero attached hydrogens (tertiary/aromatic N) is 3. The maximum Gasteiger partial charge on any atom is 0.240 e. The summed E-state index contributed by atoms with van der Waals surface area (Å²) in [5.41, 5.74) is 3.12. The van der Waals surface area contributed by atoms with Gasteiger partial charge in [0.25, 0.3) is 0 Å². The second-order valence-electron chi connectivity index (χ2n) is 8.21. The molecule has 0 unspecified atom stereocenters. The van der Waals surface area contributed by atoms with Crippen molar-refractivity contribution in [3.63, 3.8) is 0 Å². The molecule has 0 radical (unpaired) electrons. The molecule has 2 fully saturated rings. The van der Waals surface area contributed by atoms with Crippen molar-refractivity contribution in [2.45, 2.75) is 32.4 Å². The van der Waals surface area contributed by atoms with Gasteiger partial charge in [0.15, 0.2) is 0 Å². The molecule has 158 valence electrons. The molecule has 1 atom stereocenters. The Labute approximate surface area is 177 Å². The number of rotatable bonds is 4. The molecule has 0 N–H and O–H groups in total. The molecule has 4 rings (SSSR count). The van der Waals surface area contributed by atoms with Crippen LogP contribution in [0.5, 0.6) is 0 Å². The molecule has 2 aromatic rings. The Hall–Kier alpha value is -2.73. The molecule has 2 heterocycles. The number of hydrogen-bond donors (Lipinski definition) is 0. The SMILES string of the molecule is Cc1ccccc1CC(=O)N1CC[C@H]2C(=O)N(Cc3ccc(F)cc3)CCN2CC1. The summed E-state index contributed by atoms with van der Waals surface area (Å²) in [4.78, 5) is 32.0. The quantitative estimate of drug-likeness (QED) is 0.780. The molecule has 0 aliphatic carbocycles. The van der Waals surface area contributed by atoms with Gasteiger partial charge >= 0.3 is 0 Å². The van der Waals surface area contributed by atoms with Gasteiger partial charge in [0, 0.05) is 39.3 Å². The molecule has 30 heavy (non-hydrogen) atoms. The molecular weight excluding hydrogens is 381 g/mol. The maximum absolute atomic E-state index is 13.2. The Bertz CT molecular complexity index is 915. The Morgan fingerprint density at radius 3 is 2.50 bits per heavy atom. The fourth-order valence-corrected chi connectivity index (χ4v) is 4.39. The first kappa shape index (κ1) is 20.5. The van der Waals surface area contributed by atoms with Gasteiger partial charge in [-0.05, 0) is 42.2 Å². The van der Waals surface area contributed by atoms with Crippen molar-refractivity contribution in [1.29, 1.82) is 0 Å². The molecule has 0 bridgehead atoms. The van der Waals surface area contributed by atoms with Crippen LogP contribution in [-0.4, -0.2) is 65.3 Å². The lowest BCUT2D eigenvalue weighted by Gasteiger charge is -2.39. The van der Waals surface area contributed by atoms with E-state index < -0.39 is 0 Å². The fraction of sp³-hybridized carbons (Fsp3) is 0.417. The lowest BCUT2D eigenvalue weighted by molar-refractivity contribution is -0.142. The van der Waals surface area contributed by atoms with E-state index in [0.717, 1.165) is 29.8 Å². The largest absolute Gasteiger partial charge is 0.341 e. The van der Waals surface area contributed by atoms with Crippen molar-refractivity contribution < 1.29 is 14.0 Å². The molecule has 2 amide bonds. The van der Waals surface area contributed by atoms with Crippen LogP contribution in [0.4, 0.5) is 4.39 Å². The molecule has 0 saturated carbocycles. The molecule has 6 heteroatoms. The number of halogens is 1. The van der Waals surface area contributed by atoms with Gasteiger partial charge in [0.2, 0.25) is 11.8 Å². The average molecular weight is 410 g/mol. The monoisotopic (exact) mass is 409 g/mol. The minimum absolute atomic E-state index is 0.110. The number of hydrogen-bond acceptors (Lipinski definition) is 3. The first-order chi connectivity index (χ1) is 14.5. The van der Waals surface area contributed by atoms with Crippen LogP contribution in [-0.2, 0) is 22.6 Å². The van der Waals surface area contributed by atoms with Crippen molar-refractivity contribution in [3.8, 4) is 0 Å². The molecular formula is C24H28FN3O2. The zero-order valence-electron chi connectivity index (χ0n) is 17.4. The number of piperazine rings is 1. The minimum Gasteiger partial charge on any atom is -0.341 e. The van der Waals surface area contributed by atoms with Crippen LogP contribution in [0.2, 0.25) is 0 Å². The molecule has 5 nitrogen and oxygen atoms in total. The van der Waals surface area contributed by atoms with Crippen molar-refractivity contribution in [1.82, 2.24) is 14.7 Å². The smallest absolute Gasteiger partial charge is 0.240 e. The van der Waals surface area contributed by atoms with Crippen LogP contribution in [0.3, 0.4) is 0 Å². The molecule has 0 spiro atoms. The number of aryl methyl sites for hydroxylation is 1. The van der Waals surface area contributed by atoms with Gasteiger partial charge in [-0.3, -0.25) is 14.5 Å². The normalized spacial score (nSPS) is 20.1. The van der Waals surface area contributed by atoms with Crippen LogP contribution in [0, 0.1) is 12.7 Å². The Balaban J connectivity index is 1.38. The van der Waals surface area contributed by atoms with Crippen molar-refractivity contribution in [3.05, 3.63) is 71.0 Å². The molecule has 2 aromatic carbocycles. The van der Waals surface area contributed by atoms with E-state index in [2.05, 4.69) is 4.90 Å². The van der Waals surface area contributed by atoms with E-state index in [1.807, 2.05) is 41.0 Å². The van der Waals surface area contributed by atoms with Crippen molar-refractivity contribution >= 4 is 11.8 Å². The van der Waals surface area contributed by atoms with E-state index in [4.69, 9.17) is 0 Å². The highest BCUT2D eigenvalue weighted by Crippen LogP contribution is 2.21. The zero-order valence-corrected chi connectivity index (χ0v) is 17.4. The highest BCUT2D eigenvalue weighted by Gasteiger charge is 2.37. The van der Waals surface area contributed by atoms with Gasteiger partial charge in [0.05, 0.1) is 12.5 Å². The number of amides is 2. The van der Waals surface area contributed by atoms with Gasteiger partial charge < -0.3 is 9.80 Å². The maximum atomic E-state index is 13.2. The molecule has 2 aliphatic rings. The minimum atomic E-state index is -0.269. The number of carbonyl (C=O) groups excluding carboxylic acids is 2. The van der Waals surface area contributed by atoms with E-state index >= 15 is 0 Å². The summed E-state index contributed by atoms with van der Waals surface area (Å²) >= 11 is 0. The number of carbonyl (C=O) groups is 2. The van der Waals surface area contributed by atoms with E-state index in [1.165, 1.54) is 12.1 Å². The highest BCUT2D eigenvalue weighted by molar-refractivity contribution is 5.83. The van der Waals surface area contributed by atoms with Gasteiger partial charge in [-0.15, -0.1) is 0 Å². The lowest BCUT2D eigenvalue weighted by atomic mass is 10.0. The third-order valence-electron chi connectivity index (χ3n) is 6.27. The van der Waals surface area contributed by atoms with Crippen molar-refractivity contribution in [2.24, 2.45) is 0 Å². The molecule has 2 saturated heterocycles. The second kappa shape index (κ2) is 8.96. The van der Waals surface area contributed by atoms with E-state index in [-0.39, 0.29) is 23.7 Å². The van der Waals surface area contributed by atoms with E-state index in [1.54, 1.807) is 12.1 Å². The predicted molar refractivity (Wildman–Crippen MR) is 113 cm³/mol. The summed E-state index contributed by atoms with van der Waals surface area (Å²) in [6.07, 6.45) is 1.06. The van der Waals surface area contributed by atoms with Crippen LogP contribution in [0.1, 0.15) is 23.1 Å². The third kappa shape index (κ3) is 4.54. The topological polar surface area (TPSA) is 43.9 Å². The Morgan fingerprint density at radius 1 is 1.00 bits per heavy atom. The summed E-state index contributed by atoms with van der Waals surface area (Å²) in [7, 11) is 0. The first-order valence-electron chi connectivity index (χ1n) is 10.6. The second-order valence-corrected chi connectivity index (χ2v) is 8.21. The first-order valence-corrected chi connectivity index (χ1v) is 10.6. The van der Waals surface area contributed by atoms with Crippen LogP contribution >= 0.6 is 0 Å². The fourth-order valence-electron chi connectivity index (χ4n) is 4.39. The molecule has 0 aromatic heterocycles. The Morgan fingerprint density at radius 2 is 1.73 bits per heavy atom. The van der Waals surface area contributed by atoms with Crippen molar-refractivity contribution in [2.75, 3.05) is 32.7 Å². The summed E-state index contributed by atoms with van der Waals surface area (Å²) in [6, 6.07) is 14.1. The molecule has 2 aliphatic heterocycles. The summed E-state index contributed by atoms with van der Waals surface area (Å²) in [5.74, 6) is -0.0346. The average Bonchev–Trinajstić information content (AvgIpc) is 2.97. The zero-order chi connectivity index (χ0) is 21.1. The van der Waals surface area contributed by atoms with Gasteiger partial charge in [-0.2, -0.15) is 0 Å².